The Hall–Kier alpha value is -1.84. The van der Waals surface area contributed by atoms with Crippen molar-refractivity contribution in [3.05, 3.63) is 36.6 Å². The maximum absolute atomic E-state index is 10.7. The van der Waals surface area contributed by atoms with Crippen molar-refractivity contribution in [1.82, 2.24) is 0 Å². The second-order valence-electron chi connectivity index (χ2n) is 1.96. The lowest BCUT2D eigenvalue weighted by Gasteiger charge is -1.89. The fourth-order valence-electron chi connectivity index (χ4n) is 0.441. The van der Waals surface area contributed by atoms with Crippen molar-refractivity contribution in [2.75, 3.05) is 0 Å². The highest BCUT2D eigenvalue weighted by molar-refractivity contribution is 5.90. The first kappa shape index (κ1) is 11.2. The molecule has 4 heteroatoms. The Balaban J connectivity index is 3.82. The van der Waals surface area contributed by atoms with E-state index in [4.69, 9.17) is 5.11 Å². The number of allylic oxidation sites excluding steroid dienone is 3. The van der Waals surface area contributed by atoms with E-state index in [0.717, 1.165) is 6.08 Å². The van der Waals surface area contributed by atoms with Crippen LogP contribution in [0.4, 0.5) is 0 Å². The molecule has 0 spiro atoms. The molecule has 0 aromatic carbocycles. The number of esters is 1. The van der Waals surface area contributed by atoms with Gasteiger partial charge in [0.1, 0.15) is 0 Å². The summed E-state index contributed by atoms with van der Waals surface area (Å²) < 4.78 is 4.47. The van der Waals surface area contributed by atoms with Crippen molar-refractivity contribution in [3.8, 4) is 0 Å². The summed E-state index contributed by atoms with van der Waals surface area (Å²) in [5.74, 6) is -1.91. The Morgan fingerprint density at radius 3 is 2.46 bits per heavy atom. The molecule has 0 saturated carbocycles. The highest BCUT2D eigenvalue weighted by Crippen LogP contribution is 1.84. The number of ether oxygens (including phenoxy) is 1. The zero-order valence-corrected chi connectivity index (χ0v) is 7.14. The standard InChI is InChI=1S/C9H10O4/c1-2-3-4-7-13-9(12)6-5-8(10)11/h2-7H,1H3,(H,10,11)/b3-2?,6-5-,7-4?. The molecule has 70 valence electrons. The molecule has 0 rings (SSSR count). The highest BCUT2D eigenvalue weighted by atomic mass is 16.5. The predicted molar refractivity (Wildman–Crippen MR) is 46.8 cm³/mol. The average molecular weight is 182 g/mol. The van der Waals surface area contributed by atoms with Crippen molar-refractivity contribution in [1.29, 1.82) is 0 Å². The highest BCUT2D eigenvalue weighted by Gasteiger charge is 1.93. The van der Waals surface area contributed by atoms with Crippen LogP contribution in [0.1, 0.15) is 6.92 Å². The number of hydrogen-bond donors (Lipinski definition) is 1. The van der Waals surface area contributed by atoms with E-state index in [1.54, 1.807) is 12.2 Å². The molecule has 0 amide bonds. The van der Waals surface area contributed by atoms with Crippen LogP contribution >= 0.6 is 0 Å². The van der Waals surface area contributed by atoms with Gasteiger partial charge in [0.15, 0.2) is 0 Å². The fraction of sp³-hybridized carbons (Fsp3) is 0.111. The van der Waals surface area contributed by atoms with Crippen molar-refractivity contribution in [2.24, 2.45) is 0 Å². The van der Waals surface area contributed by atoms with Gasteiger partial charge in [-0.1, -0.05) is 12.2 Å². The third kappa shape index (κ3) is 8.06. The van der Waals surface area contributed by atoms with Crippen LogP contribution in [0.5, 0.6) is 0 Å². The van der Waals surface area contributed by atoms with Gasteiger partial charge in [-0.25, -0.2) is 9.59 Å². The van der Waals surface area contributed by atoms with Crippen LogP contribution in [-0.4, -0.2) is 17.0 Å². The summed E-state index contributed by atoms with van der Waals surface area (Å²) in [7, 11) is 0. The molecule has 0 fully saturated rings. The van der Waals surface area contributed by atoms with Crippen molar-refractivity contribution >= 4 is 11.9 Å². The first-order chi connectivity index (χ1) is 6.16. The lowest BCUT2D eigenvalue weighted by molar-refractivity contribution is -0.134. The molecule has 0 aliphatic rings. The Labute approximate surface area is 75.8 Å². The molecule has 0 unspecified atom stereocenters. The minimum absolute atomic E-state index is 0.714. The van der Waals surface area contributed by atoms with E-state index in [0.29, 0.717) is 6.08 Å². The molecule has 0 heterocycles. The molecule has 0 aromatic heterocycles. The SMILES string of the molecule is CC=CC=COC(=O)/C=C\C(=O)O. The van der Waals surface area contributed by atoms with Gasteiger partial charge in [-0.3, -0.25) is 0 Å². The monoisotopic (exact) mass is 182 g/mol. The van der Waals surface area contributed by atoms with Gasteiger partial charge in [0.05, 0.1) is 6.26 Å². The second kappa shape index (κ2) is 6.84. The van der Waals surface area contributed by atoms with E-state index < -0.39 is 11.9 Å². The molecule has 0 aliphatic heterocycles. The lowest BCUT2D eigenvalue weighted by Crippen LogP contribution is -1.96. The second-order valence-corrected chi connectivity index (χ2v) is 1.96. The third-order valence-electron chi connectivity index (χ3n) is 0.928. The minimum Gasteiger partial charge on any atom is -0.478 e. The van der Waals surface area contributed by atoms with Crippen LogP contribution in [0.2, 0.25) is 0 Å². The Bertz CT molecular complexity index is 261. The molecule has 1 N–H and O–H groups in total. The van der Waals surface area contributed by atoms with Gasteiger partial charge in [-0.15, -0.1) is 0 Å². The third-order valence-corrected chi connectivity index (χ3v) is 0.928. The molecular formula is C9H10O4. The summed E-state index contributed by atoms with van der Waals surface area (Å²) in [6.07, 6.45) is 7.68. The normalized spacial score (nSPS) is 11.5. The molecular weight excluding hydrogens is 172 g/mol. The molecule has 0 aromatic rings. The van der Waals surface area contributed by atoms with E-state index in [9.17, 15) is 9.59 Å². The summed E-state index contributed by atoms with van der Waals surface area (Å²) >= 11 is 0. The average Bonchev–Trinajstić information content (AvgIpc) is 2.09. The number of carboxylic acid groups (broad SMARTS) is 1. The minimum atomic E-state index is -1.19. The first-order valence-electron chi connectivity index (χ1n) is 3.56. The number of hydrogen-bond acceptors (Lipinski definition) is 3. The van der Waals surface area contributed by atoms with Crippen LogP contribution in [0.3, 0.4) is 0 Å². The number of rotatable bonds is 4. The molecule has 0 bridgehead atoms. The van der Waals surface area contributed by atoms with Gasteiger partial charge in [0.25, 0.3) is 0 Å². The quantitative estimate of drug-likeness (QED) is 0.307. The lowest BCUT2D eigenvalue weighted by atomic mass is 10.5. The number of aliphatic carboxylic acids is 1. The molecule has 0 saturated heterocycles. The Morgan fingerprint density at radius 2 is 1.92 bits per heavy atom. The van der Waals surface area contributed by atoms with Gasteiger partial charge >= 0.3 is 11.9 Å². The number of carbonyl (C=O) groups is 2. The predicted octanol–water partition coefficient (Wildman–Crippen LogP) is 1.26. The Morgan fingerprint density at radius 1 is 1.23 bits per heavy atom. The summed E-state index contributed by atoms with van der Waals surface area (Å²) in [4.78, 5) is 20.6. The van der Waals surface area contributed by atoms with Crippen LogP contribution < -0.4 is 0 Å². The van der Waals surface area contributed by atoms with E-state index in [1.807, 2.05) is 6.92 Å². The number of carbonyl (C=O) groups excluding carboxylic acids is 1. The van der Waals surface area contributed by atoms with E-state index >= 15 is 0 Å². The van der Waals surface area contributed by atoms with Crippen molar-refractivity contribution < 1.29 is 19.4 Å². The van der Waals surface area contributed by atoms with E-state index in [2.05, 4.69) is 4.74 Å². The Kier molecular flexibility index (Phi) is 5.88. The number of carboxylic acids is 1. The smallest absolute Gasteiger partial charge is 0.335 e. The van der Waals surface area contributed by atoms with Crippen LogP contribution in [0, 0.1) is 0 Å². The largest absolute Gasteiger partial charge is 0.478 e. The maximum Gasteiger partial charge on any atom is 0.335 e. The van der Waals surface area contributed by atoms with Crippen LogP contribution in [0.25, 0.3) is 0 Å². The molecule has 4 nitrogen and oxygen atoms in total. The topological polar surface area (TPSA) is 63.6 Å². The van der Waals surface area contributed by atoms with Gasteiger partial charge in [0.2, 0.25) is 0 Å². The maximum atomic E-state index is 10.7. The molecule has 13 heavy (non-hydrogen) atoms. The van der Waals surface area contributed by atoms with Crippen molar-refractivity contribution in [3.63, 3.8) is 0 Å². The van der Waals surface area contributed by atoms with Crippen LogP contribution in [0.15, 0.2) is 36.6 Å². The zero-order chi connectivity index (χ0) is 10.1. The summed E-state index contributed by atoms with van der Waals surface area (Å²) in [6.45, 7) is 1.82. The van der Waals surface area contributed by atoms with E-state index in [-0.39, 0.29) is 0 Å². The summed E-state index contributed by atoms with van der Waals surface area (Å²) in [5, 5.41) is 8.15. The van der Waals surface area contributed by atoms with Crippen LogP contribution in [-0.2, 0) is 14.3 Å². The van der Waals surface area contributed by atoms with Gasteiger partial charge in [0, 0.05) is 12.2 Å². The summed E-state index contributed by atoms with van der Waals surface area (Å²) in [5.41, 5.74) is 0. The van der Waals surface area contributed by atoms with Gasteiger partial charge < -0.3 is 9.84 Å². The van der Waals surface area contributed by atoms with E-state index in [1.165, 1.54) is 12.3 Å². The van der Waals surface area contributed by atoms with Gasteiger partial charge in [-0.2, -0.15) is 0 Å². The zero-order valence-electron chi connectivity index (χ0n) is 7.14. The van der Waals surface area contributed by atoms with Crippen molar-refractivity contribution in [2.45, 2.75) is 6.92 Å². The summed E-state index contributed by atoms with van der Waals surface area (Å²) in [6, 6.07) is 0. The fourth-order valence-corrected chi connectivity index (χ4v) is 0.441. The molecule has 0 atom stereocenters. The first-order valence-corrected chi connectivity index (χ1v) is 3.56. The van der Waals surface area contributed by atoms with Gasteiger partial charge in [-0.05, 0) is 13.0 Å². The molecule has 0 radical (unpaired) electrons. The molecule has 0 aliphatic carbocycles.